The van der Waals surface area contributed by atoms with Gasteiger partial charge in [0.15, 0.2) is 0 Å². The van der Waals surface area contributed by atoms with Crippen molar-refractivity contribution in [1.82, 2.24) is 10.2 Å². The third-order valence-electron chi connectivity index (χ3n) is 3.30. The van der Waals surface area contributed by atoms with Gasteiger partial charge in [0.1, 0.15) is 0 Å². The second kappa shape index (κ2) is 5.17. The monoisotopic (exact) mass is 238 g/mol. The van der Waals surface area contributed by atoms with Crippen molar-refractivity contribution >= 4 is 11.6 Å². The van der Waals surface area contributed by atoms with E-state index in [1.807, 2.05) is 12.1 Å². The Morgan fingerprint density at radius 2 is 2.06 bits per heavy atom. The van der Waals surface area contributed by atoms with Crippen molar-refractivity contribution in [3.8, 4) is 0 Å². The van der Waals surface area contributed by atoms with E-state index in [0.29, 0.717) is 12.1 Å². The normalized spacial score (nSPS) is 24.3. The Kier molecular flexibility index (Phi) is 3.85. The van der Waals surface area contributed by atoms with Gasteiger partial charge < -0.3 is 5.32 Å². The SMILES string of the molecule is CC(c1ccc(Cl)cc1)N1CCN[C@@H](C)C1. The Balaban J connectivity index is 2.06. The fourth-order valence-corrected chi connectivity index (χ4v) is 2.39. The highest BCUT2D eigenvalue weighted by Gasteiger charge is 2.21. The lowest BCUT2D eigenvalue weighted by Crippen LogP contribution is -2.49. The van der Waals surface area contributed by atoms with Crippen LogP contribution in [0.1, 0.15) is 25.5 Å². The standard InChI is InChI=1S/C13H19ClN2/c1-10-9-16(8-7-15-10)11(2)12-3-5-13(14)6-4-12/h3-6,10-11,15H,7-9H2,1-2H3/t10-,11?/m0/s1. The molecule has 1 heterocycles. The molecule has 0 bridgehead atoms. The molecule has 0 radical (unpaired) electrons. The lowest BCUT2D eigenvalue weighted by atomic mass is 10.1. The van der Waals surface area contributed by atoms with Crippen LogP contribution in [0.5, 0.6) is 0 Å². The lowest BCUT2D eigenvalue weighted by molar-refractivity contribution is 0.159. The molecule has 2 rings (SSSR count). The van der Waals surface area contributed by atoms with Gasteiger partial charge in [-0.15, -0.1) is 0 Å². The van der Waals surface area contributed by atoms with Gasteiger partial charge in [-0.25, -0.2) is 0 Å². The molecule has 16 heavy (non-hydrogen) atoms. The Hall–Kier alpha value is -0.570. The topological polar surface area (TPSA) is 15.3 Å². The Labute approximate surface area is 103 Å². The minimum absolute atomic E-state index is 0.474. The average Bonchev–Trinajstić information content (AvgIpc) is 2.29. The smallest absolute Gasteiger partial charge is 0.0406 e. The third-order valence-corrected chi connectivity index (χ3v) is 3.55. The fourth-order valence-electron chi connectivity index (χ4n) is 2.27. The van der Waals surface area contributed by atoms with Gasteiger partial charge in [-0.3, -0.25) is 4.90 Å². The molecule has 1 unspecified atom stereocenters. The highest BCUT2D eigenvalue weighted by atomic mass is 35.5. The predicted octanol–water partition coefficient (Wildman–Crippen LogP) is 2.69. The number of nitrogens with zero attached hydrogens (tertiary/aromatic N) is 1. The molecule has 88 valence electrons. The number of nitrogens with one attached hydrogen (secondary N) is 1. The molecule has 0 spiro atoms. The van der Waals surface area contributed by atoms with Crippen molar-refractivity contribution in [1.29, 1.82) is 0 Å². The molecule has 3 heteroatoms. The van der Waals surface area contributed by atoms with Crippen molar-refractivity contribution < 1.29 is 0 Å². The molecule has 1 aliphatic rings. The van der Waals surface area contributed by atoms with Crippen molar-refractivity contribution in [2.24, 2.45) is 0 Å². The van der Waals surface area contributed by atoms with Crippen LogP contribution in [0.4, 0.5) is 0 Å². The Bertz CT molecular complexity index is 336. The highest BCUT2D eigenvalue weighted by molar-refractivity contribution is 6.30. The van der Waals surface area contributed by atoms with Crippen LogP contribution in [0.25, 0.3) is 0 Å². The summed E-state index contributed by atoms with van der Waals surface area (Å²) >= 11 is 5.90. The van der Waals surface area contributed by atoms with Crippen molar-refractivity contribution in [2.45, 2.75) is 25.9 Å². The molecule has 1 aliphatic heterocycles. The van der Waals surface area contributed by atoms with Crippen LogP contribution in [-0.2, 0) is 0 Å². The molecule has 1 fully saturated rings. The van der Waals surface area contributed by atoms with E-state index in [1.54, 1.807) is 0 Å². The maximum atomic E-state index is 5.90. The van der Waals surface area contributed by atoms with Crippen LogP contribution in [0.3, 0.4) is 0 Å². The summed E-state index contributed by atoms with van der Waals surface area (Å²) in [5.41, 5.74) is 1.35. The van der Waals surface area contributed by atoms with Crippen molar-refractivity contribution in [3.63, 3.8) is 0 Å². The summed E-state index contributed by atoms with van der Waals surface area (Å²) in [6.07, 6.45) is 0. The van der Waals surface area contributed by atoms with E-state index in [1.165, 1.54) is 5.56 Å². The van der Waals surface area contributed by atoms with Gasteiger partial charge in [0.05, 0.1) is 0 Å². The quantitative estimate of drug-likeness (QED) is 0.853. The molecule has 0 aliphatic carbocycles. The van der Waals surface area contributed by atoms with E-state index in [-0.39, 0.29) is 0 Å². The molecule has 0 saturated carbocycles. The zero-order valence-corrected chi connectivity index (χ0v) is 10.7. The van der Waals surface area contributed by atoms with E-state index in [0.717, 1.165) is 24.7 Å². The van der Waals surface area contributed by atoms with Crippen molar-refractivity contribution in [2.75, 3.05) is 19.6 Å². The second-order valence-corrected chi connectivity index (χ2v) is 5.01. The van der Waals surface area contributed by atoms with Gasteiger partial charge in [0.2, 0.25) is 0 Å². The lowest BCUT2D eigenvalue weighted by Gasteiger charge is -2.36. The number of piperazine rings is 1. The molecular weight excluding hydrogens is 220 g/mol. The third kappa shape index (κ3) is 2.76. The average molecular weight is 239 g/mol. The van der Waals surface area contributed by atoms with Gasteiger partial charge in [-0.1, -0.05) is 23.7 Å². The van der Waals surface area contributed by atoms with E-state index in [9.17, 15) is 0 Å². The summed E-state index contributed by atoms with van der Waals surface area (Å²) in [7, 11) is 0. The molecule has 2 atom stereocenters. The van der Waals surface area contributed by atoms with E-state index in [2.05, 4.69) is 36.2 Å². The molecule has 0 aromatic heterocycles. The van der Waals surface area contributed by atoms with Gasteiger partial charge >= 0.3 is 0 Å². The number of hydrogen-bond donors (Lipinski definition) is 1. The summed E-state index contributed by atoms with van der Waals surface area (Å²) in [6.45, 7) is 7.82. The number of hydrogen-bond acceptors (Lipinski definition) is 2. The molecular formula is C13H19ClN2. The number of benzene rings is 1. The van der Waals surface area contributed by atoms with Crippen molar-refractivity contribution in [3.05, 3.63) is 34.9 Å². The number of rotatable bonds is 2. The van der Waals surface area contributed by atoms with Gasteiger partial charge in [0.25, 0.3) is 0 Å². The van der Waals surface area contributed by atoms with Crippen LogP contribution in [0, 0.1) is 0 Å². The van der Waals surface area contributed by atoms with E-state index in [4.69, 9.17) is 11.6 Å². The first-order valence-electron chi connectivity index (χ1n) is 5.89. The maximum absolute atomic E-state index is 5.90. The Morgan fingerprint density at radius 1 is 1.38 bits per heavy atom. The summed E-state index contributed by atoms with van der Waals surface area (Å²) in [6, 6.07) is 9.25. The summed E-state index contributed by atoms with van der Waals surface area (Å²) < 4.78 is 0. The summed E-state index contributed by atoms with van der Waals surface area (Å²) in [5, 5.41) is 4.27. The predicted molar refractivity (Wildman–Crippen MR) is 68.9 cm³/mol. The Morgan fingerprint density at radius 3 is 2.69 bits per heavy atom. The zero-order chi connectivity index (χ0) is 11.5. The molecule has 1 aromatic carbocycles. The first-order valence-corrected chi connectivity index (χ1v) is 6.27. The zero-order valence-electron chi connectivity index (χ0n) is 9.91. The minimum atomic E-state index is 0.474. The van der Waals surface area contributed by atoms with Gasteiger partial charge in [-0.2, -0.15) is 0 Å². The second-order valence-electron chi connectivity index (χ2n) is 4.58. The van der Waals surface area contributed by atoms with Crippen LogP contribution in [0.2, 0.25) is 5.02 Å². The molecule has 2 nitrogen and oxygen atoms in total. The summed E-state index contributed by atoms with van der Waals surface area (Å²) in [4.78, 5) is 2.52. The van der Waals surface area contributed by atoms with Crippen LogP contribution in [-0.4, -0.2) is 30.6 Å². The van der Waals surface area contributed by atoms with Gasteiger partial charge in [0, 0.05) is 36.7 Å². The fraction of sp³-hybridized carbons (Fsp3) is 0.538. The number of halogens is 1. The first kappa shape index (κ1) is 11.9. The highest BCUT2D eigenvalue weighted by Crippen LogP contribution is 2.22. The molecule has 1 N–H and O–H groups in total. The molecule has 1 saturated heterocycles. The van der Waals surface area contributed by atoms with E-state index < -0.39 is 0 Å². The van der Waals surface area contributed by atoms with Crippen LogP contribution < -0.4 is 5.32 Å². The summed E-state index contributed by atoms with van der Waals surface area (Å²) in [5.74, 6) is 0. The molecule has 0 amide bonds. The largest absolute Gasteiger partial charge is 0.312 e. The van der Waals surface area contributed by atoms with Gasteiger partial charge in [-0.05, 0) is 31.5 Å². The van der Waals surface area contributed by atoms with E-state index >= 15 is 0 Å². The van der Waals surface area contributed by atoms with Crippen LogP contribution in [0.15, 0.2) is 24.3 Å². The molecule has 1 aromatic rings. The van der Waals surface area contributed by atoms with Crippen LogP contribution >= 0.6 is 11.6 Å². The first-order chi connectivity index (χ1) is 7.66. The minimum Gasteiger partial charge on any atom is -0.312 e. The maximum Gasteiger partial charge on any atom is 0.0406 e.